The van der Waals surface area contributed by atoms with E-state index in [1.807, 2.05) is 0 Å². The monoisotopic (exact) mass is 194 g/mol. The molecule has 1 aliphatic carbocycles. The third kappa shape index (κ3) is 2.29. The number of halogens is 1. The van der Waals surface area contributed by atoms with E-state index in [2.05, 4.69) is 4.98 Å². The van der Waals surface area contributed by atoms with E-state index in [0.29, 0.717) is 12.5 Å². The van der Waals surface area contributed by atoms with Gasteiger partial charge in [-0.1, -0.05) is 18.9 Å². The maximum atomic E-state index is 12.6. The van der Waals surface area contributed by atoms with Gasteiger partial charge >= 0.3 is 0 Å². The van der Waals surface area contributed by atoms with Gasteiger partial charge in [0.1, 0.15) is 0 Å². The lowest BCUT2D eigenvalue weighted by Crippen LogP contribution is -2.13. The summed E-state index contributed by atoms with van der Waals surface area (Å²) in [6.45, 7) is 0.629. The molecule has 1 aromatic rings. The highest BCUT2D eigenvalue weighted by Gasteiger charge is 2.25. The summed E-state index contributed by atoms with van der Waals surface area (Å²) in [5.74, 6) is 0.778. The molecular weight excluding hydrogens is 179 g/mol. The quantitative estimate of drug-likeness (QED) is 0.745. The molecule has 1 aliphatic rings. The van der Waals surface area contributed by atoms with Gasteiger partial charge < -0.3 is 5.73 Å². The molecule has 0 amide bonds. The van der Waals surface area contributed by atoms with Crippen molar-refractivity contribution in [3.05, 3.63) is 29.8 Å². The Labute approximate surface area is 83.3 Å². The Kier molecular flexibility index (Phi) is 2.77. The highest BCUT2D eigenvalue weighted by atomic mass is 19.1. The molecular formula is C11H15FN2. The van der Waals surface area contributed by atoms with Gasteiger partial charge in [0.15, 0.2) is 0 Å². The van der Waals surface area contributed by atoms with E-state index in [-0.39, 0.29) is 0 Å². The third-order valence-electron chi connectivity index (χ3n) is 2.82. The van der Waals surface area contributed by atoms with E-state index in [9.17, 15) is 4.39 Å². The first-order valence-corrected chi connectivity index (χ1v) is 5.11. The van der Waals surface area contributed by atoms with Crippen molar-refractivity contribution >= 4 is 0 Å². The Balaban J connectivity index is 2.05. The summed E-state index contributed by atoms with van der Waals surface area (Å²) >= 11 is 0. The highest BCUT2D eigenvalue weighted by Crippen LogP contribution is 2.38. The van der Waals surface area contributed by atoms with Gasteiger partial charge in [-0.05, 0) is 36.4 Å². The number of rotatable bonds is 4. The zero-order valence-electron chi connectivity index (χ0n) is 8.12. The van der Waals surface area contributed by atoms with Gasteiger partial charge in [0.25, 0.3) is 0 Å². The molecule has 0 unspecified atom stereocenters. The predicted molar refractivity (Wildman–Crippen MR) is 53.3 cm³/mol. The summed E-state index contributed by atoms with van der Waals surface area (Å²) in [6.07, 6.45) is 5.38. The van der Waals surface area contributed by atoms with E-state index in [1.54, 1.807) is 12.3 Å². The molecule has 76 valence electrons. The van der Waals surface area contributed by atoms with Gasteiger partial charge in [-0.15, -0.1) is 0 Å². The number of pyridine rings is 1. The third-order valence-corrected chi connectivity index (χ3v) is 2.82. The zero-order valence-corrected chi connectivity index (χ0v) is 8.12. The summed E-state index contributed by atoms with van der Waals surface area (Å²) < 4.78 is 12.6. The molecule has 0 saturated heterocycles. The number of hydrogen-bond acceptors (Lipinski definition) is 2. The number of nitrogens with zero attached hydrogens (tertiary/aromatic N) is 1. The molecule has 0 aromatic carbocycles. The molecule has 14 heavy (non-hydrogen) atoms. The Bertz CT molecular complexity index is 293. The van der Waals surface area contributed by atoms with Crippen molar-refractivity contribution in [2.75, 3.05) is 6.54 Å². The molecule has 0 radical (unpaired) electrons. The maximum Gasteiger partial charge on any atom is 0.212 e. The second-order valence-electron chi connectivity index (χ2n) is 4.03. The van der Waals surface area contributed by atoms with Crippen LogP contribution in [0.3, 0.4) is 0 Å². The summed E-state index contributed by atoms with van der Waals surface area (Å²) in [5.41, 5.74) is 6.77. The largest absolute Gasteiger partial charge is 0.330 e. The predicted octanol–water partition coefficient (Wildman–Crippen LogP) is 2.06. The Morgan fingerprint density at radius 3 is 2.79 bits per heavy atom. The lowest BCUT2D eigenvalue weighted by Gasteiger charge is -2.13. The highest BCUT2D eigenvalue weighted by molar-refractivity contribution is 5.16. The SMILES string of the molecule is NC[C@@H](CC1CC1)c1ccc(F)nc1. The van der Waals surface area contributed by atoms with Gasteiger partial charge in [0.2, 0.25) is 5.95 Å². The van der Waals surface area contributed by atoms with Crippen molar-refractivity contribution in [1.82, 2.24) is 4.98 Å². The minimum Gasteiger partial charge on any atom is -0.330 e. The second-order valence-corrected chi connectivity index (χ2v) is 4.03. The van der Waals surface area contributed by atoms with Crippen molar-refractivity contribution in [2.24, 2.45) is 11.7 Å². The van der Waals surface area contributed by atoms with Gasteiger partial charge in [-0.2, -0.15) is 4.39 Å². The van der Waals surface area contributed by atoms with Crippen LogP contribution >= 0.6 is 0 Å². The van der Waals surface area contributed by atoms with Crippen LogP contribution in [0.4, 0.5) is 4.39 Å². The van der Waals surface area contributed by atoms with Gasteiger partial charge in [-0.25, -0.2) is 4.98 Å². The zero-order chi connectivity index (χ0) is 9.97. The van der Waals surface area contributed by atoms with Crippen LogP contribution < -0.4 is 5.73 Å². The average molecular weight is 194 g/mol. The summed E-state index contributed by atoms with van der Waals surface area (Å²) in [6, 6.07) is 3.20. The molecule has 1 heterocycles. The summed E-state index contributed by atoms with van der Waals surface area (Å²) in [7, 11) is 0. The maximum absolute atomic E-state index is 12.6. The van der Waals surface area contributed by atoms with Crippen LogP contribution in [0.2, 0.25) is 0 Å². The van der Waals surface area contributed by atoms with E-state index in [4.69, 9.17) is 5.73 Å². The summed E-state index contributed by atoms with van der Waals surface area (Å²) in [5, 5.41) is 0. The molecule has 1 atom stereocenters. The molecule has 1 fully saturated rings. The lowest BCUT2D eigenvalue weighted by atomic mass is 9.95. The van der Waals surface area contributed by atoms with Crippen LogP contribution in [0, 0.1) is 11.9 Å². The van der Waals surface area contributed by atoms with Crippen molar-refractivity contribution in [3.8, 4) is 0 Å². The Morgan fingerprint density at radius 1 is 1.50 bits per heavy atom. The fourth-order valence-electron chi connectivity index (χ4n) is 1.75. The molecule has 1 aromatic heterocycles. The minimum absolute atomic E-state index is 0.357. The fourth-order valence-corrected chi connectivity index (χ4v) is 1.75. The fraction of sp³-hybridized carbons (Fsp3) is 0.545. The van der Waals surface area contributed by atoms with E-state index >= 15 is 0 Å². The topological polar surface area (TPSA) is 38.9 Å². The van der Waals surface area contributed by atoms with Gasteiger partial charge in [-0.3, -0.25) is 0 Å². The van der Waals surface area contributed by atoms with Crippen LogP contribution in [-0.4, -0.2) is 11.5 Å². The minimum atomic E-state index is -0.420. The second kappa shape index (κ2) is 4.05. The van der Waals surface area contributed by atoms with Crippen molar-refractivity contribution in [1.29, 1.82) is 0 Å². The van der Waals surface area contributed by atoms with Crippen molar-refractivity contribution < 1.29 is 4.39 Å². The standard InChI is InChI=1S/C11H15FN2/c12-11-4-3-9(7-14-11)10(6-13)5-8-1-2-8/h3-4,7-8,10H,1-2,5-6,13H2/t10-/m1/s1. The first-order chi connectivity index (χ1) is 6.79. The Hall–Kier alpha value is -0.960. The molecule has 0 bridgehead atoms. The average Bonchev–Trinajstić information content (AvgIpc) is 3.00. The van der Waals surface area contributed by atoms with Crippen LogP contribution in [0.25, 0.3) is 0 Å². The molecule has 2 N–H and O–H groups in total. The lowest BCUT2D eigenvalue weighted by molar-refractivity contribution is 0.563. The number of hydrogen-bond donors (Lipinski definition) is 1. The summed E-state index contributed by atoms with van der Waals surface area (Å²) in [4.78, 5) is 3.65. The molecule has 1 saturated carbocycles. The van der Waals surface area contributed by atoms with Crippen LogP contribution in [-0.2, 0) is 0 Å². The molecule has 2 nitrogen and oxygen atoms in total. The van der Waals surface area contributed by atoms with E-state index in [1.165, 1.54) is 18.9 Å². The first-order valence-electron chi connectivity index (χ1n) is 5.11. The van der Waals surface area contributed by atoms with Crippen molar-refractivity contribution in [2.45, 2.75) is 25.2 Å². The van der Waals surface area contributed by atoms with Crippen LogP contribution in [0.1, 0.15) is 30.7 Å². The van der Waals surface area contributed by atoms with Gasteiger partial charge in [0, 0.05) is 6.20 Å². The number of aromatic nitrogens is 1. The molecule has 2 rings (SSSR count). The normalized spacial score (nSPS) is 18.1. The first kappa shape index (κ1) is 9.59. The molecule has 0 aliphatic heterocycles. The van der Waals surface area contributed by atoms with Crippen molar-refractivity contribution in [3.63, 3.8) is 0 Å². The molecule has 3 heteroatoms. The smallest absolute Gasteiger partial charge is 0.212 e. The van der Waals surface area contributed by atoms with E-state index in [0.717, 1.165) is 17.9 Å². The number of nitrogens with two attached hydrogens (primary N) is 1. The Morgan fingerprint density at radius 2 is 2.29 bits per heavy atom. The van der Waals surface area contributed by atoms with Crippen LogP contribution in [0.15, 0.2) is 18.3 Å². The molecule has 0 spiro atoms. The van der Waals surface area contributed by atoms with E-state index < -0.39 is 5.95 Å². The van der Waals surface area contributed by atoms with Gasteiger partial charge in [0.05, 0.1) is 0 Å². The van der Waals surface area contributed by atoms with Crippen LogP contribution in [0.5, 0.6) is 0 Å².